The van der Waals surface area contributed by atoms with Gasteiger partial charge >= 0.3 is 0 Å². The second-order valence-corrected chi connectivity index (χ2v) is 4.56. The lowest BCUT2D eigenvalue weighted by Crippen LogP contribution is -2.08. The number of hydrogen-bond acceptors (Lipinski definition) is 4. The van der Waals surface area contributed by atoms with Crippen LogP contribution in [0, 0.1) is 5.82 Å². The molecule has 0 spiro atoms. The molecule has 0 fully saturated rings. The zero-order valence-electron chi connectivity index (χ0n) is 12.4. The first-order chi connectivity index (χ1) is 10.2. The van der Waals surface area contributed by atoms with Crippen molar-refractivity contribution in [1.82, 2.24) is 10.3 Å². The number of pyridine rings is 1. The third kappa shape index (κ3) is 3.49. The van der Waals surface area contributed by atoms with Gasteiger partial charge in [0.05, 0.1) is 7.11 Å². The molecule has 2 aromatic rings. The summed E-state index contributed by atoms with van der Waals surface area (Å²) in [7, 11) is 3.32. The molecule has 0 aliphatic rings. The van der Waals surface area contributed by atoms with Crippen molar-refractivity contribution in [3.8, 4) is 17.4 Å². The summed E-state index contributed by atoms with van der Waals surface area (Å²) in [5.74, 6) is 0.496. The van der Waals surface area contributed by atoms with Crippen molar-refractivity contribution in [1.29, 1.82) is 0 Å². The predicted octanol–water partition coefficient (Wildman–Crippen LogP) is 3.30. The van der Waals surface area contributed by atoms with Crippen molar-refractivity contribution in [2.24, 2.45) is 0 Å². The van der Waals surface area contributed by atoms with E-state index in [1.165, 1.54) is 6.20 Å². The fraction of sp³-hybridized carbons (Fsp3) is 0.312. The highest BCUT2D eigenvalue weighted by Gasteiger charge is 2.14. The van der Waals surface area contributed by atoms with Crippen LogP contribution < -0.4 is 14.8 Å². The summed E-state index contributed by atoms with van der Waals surface area (Å²) in [5.41, 5.74) is 1.63. The van der Waals surface area contributed by atoms with Gasteiger partial charge in [-0.3, -0.25) is 0 Å². The summed E-state index contributed by atoms with van der Waals surface area (Å²) >= 11 is 0. The maximum Gasteiger partial charge on any atom is 0.256 e. The van der Waals surface area contributed by atoms with Crippen molar-refractivity contribution >= 4 is 0 Å². The van der Waals surface area contributed by atoms with Gasteiger partial charge in [0.15, 0.2) is 17.3 Å². The highest BCUT2D eigenvalue weighted by atomic mass is 19.1. The molecule has 0 unspecified atom stereocenters. The minimum atomic E-state index is -0.464. The van der Waals surface area contributed by atoms with Crippen LogP contribution in [0.25, 0.3) is 0 Å². The lowest BCUT2D eigenvalue weighted by atomic mass is 10.1. The van der Waals surface area contributed by atoms with Gasteiger partial charge in [-0.25, -0.2) is 9.37 Å². The number of aromatic nitrogens is 1. The molecule has 5 heteroatoms. The number of halogens is 1. The Labute approximate surface area is 123 Å². The average molecular weight is 290 g/mol. The van der Waals surface area contributed by atoms with Crippen LogP contribution >= 0.6 is 0 Å². The maximum atomic E-state index is 14.3. The van der Waals surface area contributed by atoms with E-state index in [2.05, 4.69) is 17.2 Å². The smallest absolute Gasteiger partial charge is 0.256 e. The zero-order chi connectivity index (χ0) is 15.2. The van der Waals surface area contributed by atoms with E-state index in [0.717, 1.165) is 12.0 Å². The minimum absolute atomic E-state index is 0.0506. The van der Waals surface area contributed by atoms with E-state index in [1.54, 1.807) is 26.3 Å². The van der Waals surface area contributed by atoms with Crippen molar-refractivity contribution in [3.05, 3.63) is 47.4 Å². The minimum Gasteiger partial charge on any atom is -0.493 e. The zero-order valence-corrected chi connectivity index (χ0v) is 12.4. The molecule has 0 bridgehead atoms. The van der Waals surface area contributed by atoms with Gasteiger partial charge < -0.3 is 14.8 Å². The normalized spacial score (nSPS) is 10.5. The van der Waals surface area contributed by atoms with Crippen molar-refractivity contribution < 1.29 is 13.9 Å². The number of hydrogen-bond donors (Lipinski definition) is 1. The van der Waals surface area contributed by atoms with Crippen molar-refractivity contribution in [2.75, 3.05) is 14.2 Å². The fourth-order valence-corrected chi connectivity index (χ4v) is 1.98. The Balaban J connectivity index is 2.32. The van der Waals surface area contributed by atoms with Gasteiger partial charge in [-0.05, 0) is 37.2 Å². The SMILES string of the molecule is CCc1ccc(Oc2nccc(CNC)c2F)c(OC)c1. The first-order valence-electron chi connectivity index (χ1n) is 6.82. The molecule has 2 rings (SSSR count). The van der Waals surface area contributed by atoms with Crippen LogP contribution in [0.5, 0.6) is 17.4 Å². The quantitative estimate of drug-likeness (QED) is 0.886. The van der Waals surface area contributed by atoms with Gasteiger partial charge in [0.1, 0.15) is 0 Å². The lowest BCUT2D eigenvalue weighted by molar-refractivity contribution is 0.362. The monoisotopic (exact) mass is 290 g/mol. The number of methoxy groups -OCH3 is 1. The number of nitrogens with zero attached hydrogens (tertiary/aromatic N) is 1. The van der Waals surface area contributed by atoms with Gasteiger partial charge in [-0.15, -0.1) is 0 Å². The first kappa shape index (κ1) is 15.3. The lowest BCUT2D eigenvalue weighted by Gasteiger charge is -2.12. The van der Waals surface area contributed by atoms with E-state index < -0.39 is 5.82 Å². The Hall–Kier alpha value is -2.14. The highest BCUT2D eigenvalue weighted by Crippen LogP contribution is 2.33. The van der Waals surface area contributed by atoms with Gasteiger partial charge in [0.2, 0.25) is 0 Å². The number of nitrogens with one attached hydrogen (secondary N) is 1. The molecule has 1 aromatic carbocycles. The third-order valence-corrected chi connectivity index (χ3v) is 3.15. The molecule has 0 saturated carbocycles. The molecule has 0 radical (unpaired) electrons. The molecule has 0 amide bonds. The summed E-state index contributed by atoms with van der Waals surface area (Å²) in [4.78, 5) is 3.95. The fourth-order valence-electron chi connectivity index (χ4n) is 1.98. The van der Waals surface area contributed by atoms with E-state index in [4.69, 9.17) is 9.47 Å². The molecule has 0 aliphatic carbocycles. The topological polar surface area (TPSA) is 43.4 Å². The number of rotatable bonds is 6. The second kappa shape index (κ2) is 7.04. The highest BCUT2D eigenvalue weighted by molar-refractivity contribution is 5.45. The van der Waals surface area contributed by atoms with Gasteiger partial charge in [0.25, 0.3) is 5.88 Å². The number of ether oxygens (including phenoxy) is 2. The van der Waals surface area contributed by atoms with Crippen molar-refractivity contribution in [2.45, 2.75) is 19.9 Å². The Morgan fingerprint density at radius 3 is 2.71 bits per heavy atom. The average Bonchev–Trinajstić information content (AvgIpc) is 2.51. The van der Waals surface area contributed by atoms with E-state index in [1.807, 2.05) is 12.1 Å². The Kier molecular flexibility index (Phi) is 5.11. The molecule has 0 saturated heterocycles. The van der Waals surface area contributed by atoms with Crippen molar-refractivity contribution in [3.63, 3.8) is 0 Å². The predicted molar refractivity (Wildman–Crippen MR) is 79.4 cm³/mol. The van der Waals surface area contributed by atoms with E-state index >= 15 is 0 Å². The van der Waals surface area contributed by atoms with Crippen LogP contribution in [0.2, 0.25) is 0 Å². The van der Waals surface area contributed by atoms with Crippen LogP contribution in [0.15, 0.2) is 30.5 Å². The molecule has 1 aromatic heterocycles. The Morgan fingerprint density at radius 1 is 1.24 bits per heavy atom. The number of aryl methyl sites for hydroxylation is 1. The molecule has 112 valence electrons. The van der Waals surface area contributed by atoms with E-state index in [9.17, 15) is 4.39 Å². The second-order valence-electron chi connectivity index (χ2n) is 4.56. The first-order valence-corrected chi connectivity index (χ1v) is 6.82. The Bertz CT molecular complexity index is 617. The van der Waals surface area contributed by atoms with Gasteiger partial charge in [-0.2, -0.15) is 0 Å². The van der Waals surface area contributed by atoms with Crippen LogP contribution in [-0.4, -0.2) is 19.1 Å². The van der Waals surface area contributed by atoms with Gasteiger partial charge in [-0.1, -0.05) is 13.0 Å². The molecular formula is C16H19FN2O2. The molecule has 0 aliphatic heterocycles. The molecule has 4 nitrogen and oxygen atoms in total. The number of benzene rings is 1. The summed E-state index contributed by atoms with van der Waals surface area (Å²) in [6, 6.07) is 7.19. The van der Waals surface area contributed by atoms with Crippen LogP contribution in [0.1, 0.15) is 18.1 Å². The van der Waals surface area contributed by atoms with Crippen LogP contribution in [0.3, 0.4) is 0 Å². The van der Waals surface area contributed by atoms with Crippen LogP contribution in [0.4, 0.5) is 4.39 Å². The summed E-state index contributed by atoms with van der Waals surface area (Å²) in [5, 5.41) is 2.91. The molecule has 21 heavy (non-hydrogen) atoms. The summed E-state index contributed by atoms with van der Waals surface area (Å²) in [6.07, 6.45) is 2.42. The molecule has 1 heterocycles. The van der Waals surface area contributed by atoms with E-state index in [-0.39, 0.29) is 5.88 Å². The summed E-state index contributed by atoms with van der Waals surface area (Å²) in [6.45, 7) is 2.47. The molecule has 1 N–H and O–H groups in total. The molecular weight excluding hydrogens is 271 g/mol. The van der Waals surface area contributed by atoms with Gasteiger partial charge in [0, 0.05) is 18.3 Å². The van der Waals surface area contributed by atoms with Crippen LogP contribution in [-0.2, 0) is 13.0 Å². The third-order valence-electron chi connectivity index (χ3n) is 3.15. The molecule has 0 atom stereocenters. The Morgan fingerprint density at radius 2 is 2.05 bits per heavy atom. The summed E-state index contributed by atoms with van der Waals surface area (Å²) < 4.78 is 25.1. The standard InChI is InChI=1S/C16H19FN2O2/c1-4-11-5-6-13(14(9-11)20-3)21-16-15(17)12(10-18-2)7-8-19-16/h5-9,18H,4,10H2,1-3H3. The maximum absolute atomic E-state index is 14.3. The largest absolute Gasteiger partial charge is 0.493 e. The van der Waals surface area contributed by atoms with E-state index in [0.29, 0.717) is 23.6 Å².